The molecule has 0 saturated carbocycles. The molecule has 0 spiro atoms. The van der Waals surface area contributed by atoms with Gasteiger partial charge < -0.3 is 4.90 Å². The highest BCUT2D eigenvalue weighted by molar-refractivity contribution is 5.97. The molecular formula is C16H22N2O. The summed E-state index contributed by atoms with van der Waals surface area (Å²) in [4.78, 5) is 16.4. The van der Waals surface area contributed by atoms with Crippen molar-refractivity contribution in [2.75, 3.05) is 11.4 Å². The van der Waals surface area contributed by atoms with Crippen molar-refractivity contribution >= 4 is 11.7 Å². The molecule has 0 saturated heterocycles. The highest BCUT2D eigenvalue weighted by atomic mass is 16.2. The maximum absolute atomic E-state index is 12.7. The average molecular weight is 258 g/mol. The minimum atomic E-state index is -0.225. The maximum atomic E-state index is 12.7. The molecule has 19 heavy (non-hydrogen) atoms. The van der Waals surface area contributed by atoms with Crippen molar-refractivity contribution in [3.05, 3.63) is 41.6 Å². The number of aryl methyl sites for hydroxylation is 1. The molecule has 1 aromatic rings. The van der Waals surface area contributed by atoms with Gasteiger partial charge in [0, 0.05) is 12.2 Å². The van der Waals surface area contributed by atoms with E-state index in [9.17, 15) is 4.79 Å². The molecule has 0 radical (unpaired) electrons. The third kappa shape index (κ3) is 2.37. The number of nitrogens with zero attached hydrogens (tertiary/aromatic N) is 2. The van der Waals surface area contributed by atoms with Crippen molar-refractivity contribution < 1.29 is 4.79 Å². The summed E-state index contributed by atoms with van der Waals surface area (Å²) in [7, 11) is 0. The predicted molar refractivity (Wildman–Crippen MR) is 79.3 cm³/mol. The topological polar surface area (TPSA) is 23.6 Å². The number of allylic oxidation sites excluding steroid dienone is 1. The van der Waals surface area contributed by atoms with E-state index in [1.807, 2.05) is 49.9 Å². The van der Waals surface area contributed by atoms with Gasteiger partial charge in [0.2, 0.25) is 0 Å². The number of urea groups is 1. The minimum Gasteiger partial charge on any atom is -0.316 e. The van der Waals surface area contributed by atoms with Crippen LogP contribution in [0.4, 0.5) is 10.5 Å². The highest BCUT2D eigenvalue weighted by Crippen LogP contribution is 2.31. The summed E-state index contributed by atoms with van der Waals surface area (Å²) >= 11 is 0. The van der Waals surface area contributed by atoms with E-state index >= 15 is 0 Å². The molecule has 102 valence electrons. The van der Waals surface area contributed by atoms with Crippen molar-refractivity contribution in [3.63, 3.8) is 0 Å². The van der Waals surface area contributed by atoms with Gasteiger partial charge in [-0.25, -0.2) is 4.79 Å². The lowest BCUT2D eigenvalue weighted by atomic mass is 9.98. The Hall–Kier alpha value is -1.77. The normalized spacial score (nSPS) is 18.6. The number of anilines is 1. The van der Waals surface area contributed by atoms with Gasteiger partial charge in [-0.15, -0.1) is 0 Å². The molecule has 0 aliphatic carbocycles. The molecule has 3 heteroatoms. The van der Waals surface area contributed by atoms with Gasteiger partial charge in [0.15, 0.2) is 0 Å². The van der Waals surface area contributed by atoms with Crippen LogP contribution in [0.15, 0.2) is 36.0 Å². The molecule has 0 N–H and O–H groups in total. The molecule has 1 heterocycles. The second-order valence-corrected chi connectivity index (χ2v) is 5.64. The Morgan fingerprint density at radius 3 is 2.21 bits per heavy atom. The SMILES string of the molecule is CCN1C(=O)N(c2ccc(C)cc2)C(C)=CC1(C)C. The number of rotatable bonds is 2. The molecule has 1 aliphatic rings. The Morgan fingerprint density at radius 2 is 1.68 bits per heavy atom. The summed E-state index contributed by atoms with van der Waals surface area (Å²) < 4.78 is 0. The largest absolute Gasteiger partial charge is 0.329 e. The first-order chi connectivity index (χ1) is 8.86. The van der Waals surface area contributed by atoms with Crippen LogP contribution < -0.4 is 4.90 Å². The molecule has 0 aromatic heterocycles. The lowest BCUT2D eigenvalue weighted by molar-refractivity contribution is 0.165. The van der Waals surface area contributed by atoms with E-state index in [0.717, 1.165) is 11.4 Å². The molecule has 3 nitrogen and oxygen atoms in total. The van der Waals surface area contributed by atoms with Gasteiger partial charge in [0.1, 0.15) is 0 Å². The molecule has 0 unspecified atom stereocenters. The summed E-state index contributed by atoms with van der Waals surface area (Å²) in [5, 5.41) is 0. The third-order valence-electron chi connectivity index (χ3n) is 3.64. The average Bonchev–Trinajstić information content (AvgIpc) is 2.30. The predicted octanol–water partition coefficient (Wildman–Crippen LogP) is 3.94. The van der Waals surface area contributed by atoms with Crippen LogP contribution >= 0.6 is 0 Å². The van der Waals surface area contributed by atoms with Crippen LogP contribution in [-0.4, -0.2) is 23.0 Å². The number of hydrogen-bond acceptors (Lipinski definition) is 1. The summed E-state index contributed by atoms with van der Waals surface area (Å²) in [5.74, 6) is 0. The number of hydrogen-bond donors (Lipinski definition) is 0. The van der Waals surface area contributed by atoms with Crippen molar-refractivity contribution in [2.24, 2.45) is 0 Å². The van der Waals surface area contributed by atoms with E-state index in [-0.39, 0.29) is 11.6 Å². The number of likely N-dealkylation sites (N-methyl/N-ethyl adjacent to an activating group) is 1. The van der Waals surface area contributed by atoms with E-state index in [0.29, 0.717) is 6.54 Å². The summed E-state index contributed by atoms with van der Waals surface area (Å²) in [6, 6.07) is 8.11. The number of amides is 2. The summed E-state index contributed by atoms with van der Waals surface area (Å²) in [5.41, 5.74) is 2.89. The van der Waals surface area contributed by atoms with Gasteiger partial charge in [0.05, 0.1) is 11.2 Å². The molecule has 0 fully saturated rings. The van der Waals surface area contributed by atoms with Crippen LogP contribution in [0, 0.1) is 6.92 Å². The first-order valence-electron chi connectivity index (χ1n) is 6.74. The van der Waals surface area contributed by atoms with Crippen LogP contribution in [0.3, 0.4) is 0 Å². The van der Waals surface area contributed by atoms with Gasteiger partial charge in [0.25, 0.3) is 0 Å². The zero-order valence-corrected chi connectivity index (χ0v) is 12.4. The molecule has 1 aliphatic heterocycles. The van der Waals surface area contributed by atoms with Gasteiger partial charge in [-0.3, -0.25) is 4.90 Å². The Kier molecular flexibility index (Phi) is 3.40. The first-order valence-corrected chi connectivity index (χ1v) is 6.74. The second-order valence-electron chi connectivity index (χ2n) is 5.64. The number of benzene rings is 1. The van der Waals surface area contributed by atoms with E-state index < -0.39 is 0 Å². The lowest BCUT2D eigenvalue weighted by Crippen LogP contribution is -2.56. The van der Waals surface area contributed by atoms with Crippen molar-refractivity contribution in [3.8, 4) is 0 Å². The number of carbonyl (C=O) groups is 1. The molecule has 0 bridgehead atoms. The Labute approximate surface area is 115 Å². The maximum Gasteiger partial charge on any atom is 0.329 e. The van der Waals surface area contributed by atoms with Crippen LogP contribution in [0.5, 0.6) is 0 Å². The molecular weight excluding hydrogens is 236 g/mol. The van der Waals surface area contributed by atoms with Gasteiger partial charge in [-0.2, -0.15) is 0 Å². The van der Waals surface area contributed by atoms with Crippen LogP contribution in [0.1, 0.15) is 33.3 Å². The van der Waals surface area contributed by atoms with E-state index in [4.69, 9.17) is 0 Å². The van der Waals surface area contributed by atoms with Gasteiger partial charge >= 0.3 is 6.03 Å². The summed E-state index contributed by atoms with van der Waals surface area (Å²) in [6.07, 6.45) is 2.15. The van der Waals surface area contributed by atoms with Gasteiger partial charge in [-0.1, -0.05) is 17.7 Å². The van der Waals surface area contributed by atoms with Crippen molar-refractivity contribution in [1.29, 1.82) is 0 Å². The fourth-order valence-electron chi connectivity index (χ4n) is 2.72. The van der Waals surface area contributed by atoms with Crippen LogP contribution in [0.2, 0.25) is 0 Å². The zero-order chi connectivity index (χ0) is 14.2. The fraction of sp³-hybridized carbons (Fsp3) is 0.438. The van der Waals surface area contributed by atoms with Gasteiger partial charge in [-0.05, 0) is 52.8 Å². The Balaban J connectivity index is 2.46. The zero-order valence-electron chi connectivity index (χ0n) is 12.4. The lowest BCUT2D eigenvalue weighted by Gasteiger charge is -2.44. The second kappa shape index (κ2) is 4.72. The standard InChI is InChI=1S/C16H22N2O/c1-6-17-15(19)18(13(3)11-16(17,4)5)14-9-7-12(2)8-10-14/h7-11H,6H2,1-5H3. The smallest absolute Gasteiger partial charge is 0.316 e. The van der Waals surface area contributed by atoms with Crippen LogP contribution in [-0.2, 0) is 0 Å². The monoisotopic (exact) mass is 258 g/mol. The molecule has 2 amide bonds. The van der Waals surface area contributed by atoms with E-state index in [1.165, 1.54) is 5.56 Å². The van der Waals surface area contributed by atoms with Crippen LogP contribution in [0.25, 0.3) is 0 Å². The minimum absolute atomic E-state index is 0.0522. The van der Waals surface area contributed by atoms with Crippen molar-refractivity contribution in [1.82, 2.24) is 4.90 Å². The Bertz CT molecular complexity index is 514. The quantitative estimate of drug-likeness (QED) is 0.788. The fourth-order valence-corrected chi connectivity index (χ4v) is 2.72. The van der Waals surface area contributed by atoms with E-state index in [2.05, 4.69) is 19.9 Å². The van der Waals surface area contributed by atoms with E-state index in [1.54, 1.807) is 4.90 Å². The third-order valence-corrected chi connectivity index (χ3v) is 3.64. The molecule has 1 aromatic carbocycles. The molecule has 2 rings (SSSR count). The highest BCUT2D eigenvalue weighted by Gasteiger charge is 2.37. The first kappa shape index (κ1) is 13.7. The Morgan fingerprint density at radius 1 is 1.11 bits per heavy atom. The number of carbonyl (C=O) groups excluding carboxylic acids is 1. The summed E-state index contributed by atoms with van der Waals surface area (Å²) in [6.45, 7) is 10.9. The molecule has 0 atom stereocenters. The van der Waals surface area contributed by atoms with Crippen molar-refractivity contribution in [2.45, 2.75) is 40.2 Å².